The van der Waals surface area contributed by atoms with Crippen LogP contribution in [0.2, 0.25) is 0 Å². The molecule has 2 aromatic rings. The molecule has 2 N–H and O–H groups in total. The number of benzene rings is 2. The summed E-state index contributed by atoms with van der Waals surface area (Å²) >= 11 is 0. The molecule has 2 aliphatic carbocycles. The smallest absolute Gasteiger partial charge is 0.418 e. The molecule has 2 aromatic carbocycles. The molecule has 10 nitrogen and oxygen atoms in total. The molecule has 1 saturated carbocycles. The molecule has 1 saturated heterocycles. The van der Waals surface area contributed by atoms with Crippen LogP contribution in [0.5, 0.6) is 0 Å². The SMILES string of the molecule is C[C@H](N(Cc1ccc(F)cc1)C(=O)CN1C(=O)OC2(CCc3cc(NC(=O)CCCCCCCCCCNC(=O)CC4CCCCC4)ccc32)C1=O)C(F)(F)F. The third-order valence-electron chi connectivity index (χ3n) is 11.3. The van der Waals surface area contributed by atoms with Crippen LogP contribution in [0, 0.1) is 11.7 Å². The number of hydrogen-bond donors (Lipinski definition) is 2. The maximum atomic E-state index is 13.8. The number of rotatable bonds is 19. The Kier molecular flexibility index (Phi) is 14.9. The summed E-state index contributed by atoms with van der Waals surface area (Å²) in [4.78, 5) is 65.8. The van der Waals surface area contributed by atoms with Gasteiger partial charge in [0.2, 0.25) is 23.3 Å². The van der Waals surface area contributed by atoms with Crippen molar-refractivity contribution < 1.29 is 46.3 Å². The summed E-state index contributed by atoms with van der Waals surface area (Å²) in [7, 11) is 0. The quantitative estimate of drug-likeness (QED) is 0.109. The summed E-state index contributed by atoms with van der Waals surface area (Å²) in [5, 5.41) is 5.96. The van der Waals surface area contributed by atoms with Gasteiger partial charge < -0.3 is 20.3 Å². The van der Waals surface area contributed by atoms with E-state index in [9.17, 15) is 41.5 Å². The van der Waals surface area contributed by atoms with Gasteiger partial charge in [-0.3, -0.25) is 19.2 Å². The summed E-state index contributed by atoms with van der Waals surface area (Å²) in [5.74, 6) is -1.96. The number of alkyl halides is 3. The number of hydrogen-bond acceptors (Lipinski definition) is 6. The van der Waals surface area contributed by atoms with Crippen molar-refractivity contribution in [3.63, 3.8) is 0 Å². The molecule has 2 fully saturated rings. The normalized spacial score (nSPS) is 18.8. The Labute approximate surface area is 326 Å². The number of imide groups is 1. The van der Waals surface area contributed by atoms with Gasteiger partial charge in [-0.05, 0) is 80.3 Å². The Morgan fingerprint density at radius 2 is 1.57 bits per heavy atom. The molecule has 1 aliphatic heterocycles. The molecule has 14 heteroatoms. The average Bonchev–Trinajstić information content (AvgIpc) is 3.64. The molecular formula is C42H54F4N4O6. The predicted molar refractivity (Wildman–Crippen MR) is 201 cm³/mol. The summed E-state index contributed by atoms with van der Waals surface area (Å²) in [6.45, 7) is 0.0504. The molecule has 5 amide bonds. The van der Waals surface area contributed by atoms with Gasteiger partial charge >= 0.3 is 12.3 Å². The highest BCUT2D eigenvalue weighted by molar-refractivity contribution is 6.06. The number of halogens is 4. The van der Waals surface area contributed by atoms with Crippen molar-refractivity contribution in [3.8, 4) is 0 Å². The lowest BCUT2D eigenvalue weighted by Gasteiger charge is -2.31. The second-order valence-corrected chi connectivity index (χ2v) is 15.5. The van der Waals surface area contributed by atoms with E-state index in [4.69, 9.17) is 4.74 Å². The third kappa shape index (κ3) is 11.3. The van der Waals surface area contributed by atoms with E-state index in [1.54, 1.807) is 18.2 Å². The number of fused-ring (bicyclic) bond motifs is 2. The first-order valence-electron chi connectivity index (χ1n) is 20.1. The van der Waals surface area contributed by atoms with Crippen molar-refractivity contribution in [2.75, 3.05) is 18.4 Å². The third-order valence-corrected chi connectivity index (χ3v) is 11.3. The van der Waals surface area contributed by atoms with Gasteiger partial charge in [-0.15, -0.1) is 0 Å². The van der Waals surface area contributed by atoms with Crippen molar-refractivity contribution in [2.45, 2.75) is 140 Å². The lowest BCUT2D eigenvalue weighted by molar-refractivity contribution is -0.187. The zero-order chi connectivity index (χ0) is 40.3. The number of carbonyl (C=O) groups is 5. The van der Waals surface area contributed by atoms with Crippen LogP contribution in [-0.4, -0.2) is 64.8 Å². The monoisotopic (exact) mass is 786 g/mol. The van der Waals surface area contributed by atoms with E-state index in [1.165, 1.54) is 44.2 Å². The predicted octanol–water partition coefficient (Wildman–Crippen LogP) is 8.46. The first-order valence-corrected chi connectivity index (χ1v) is 20.1. The van der Waals surface area contributed by atoms with E-state index in [0.29, 0.717) is 51.8 Å². The van der Waals surface area contributed by atoms with Crippen LogP contribution in [0.3, 0.4) is 0 Å². The zero-order valence-electron chi connectivity index (χ0n) is 32.2. The number of ether oxygens (including phenoxy) is 1. The number of anilines is 1. The molecule has 1 spiro atoms. The Morgan fingerprint density at radius 1 is 0.911 bits per heavy atom. The van der Waals surface area contributed by atoms with Crippen molar-refractivity contribution in [1.29, 1.82) is 0 Å². The highest BCUT2D eigenvalue weighted by Gasteiger charge is 2.58. The van der Waals surface area contributed by atoms with E-state index >= 15 is 0 Å². The highest BCUT2D eigenvalue weighted by Crippen LogP contribution is 2.46. The zero-order valence-corrected chi connectivity index (χ0v) is 32.2. The largest absolute Gasteiger partial charge is 0.427 e. The van der Waals surface area contributed by atoms with Crippen LogP contribution < -0.4 is 10.6 Å². The van der Waals surface area contributed by atoms with Gasteiger partial charge in [0.15, 0.2) is 0 Å². The Balaban J connectivity index is 1.02. The molecule has 0 bridgehead atoms. The molecule has 1 heterocycles. The minimum absolute atomic E-state index is 0.0736. The summed E-state index contributed by atoms with van der Waals surface area (Å²) in [6, 6.07) is 7.29. The van der Waals surface area contributed by atoms with Gasteiger partial charge in [-0.25, -0.2) is 14.1 Å². The van der Waals surface area contributed by atoms with E-state index in [2.05, 4.69) is 10.6 Å². The number of aryl methyl sites for hydroxylation is 1. The van der Waals surface area contributed by atoms with E-state index in [-0.39, 0.29) is 23.8 Å². The summed E-state index contributed by atoms with van der Waals surface area (Å²) < 4.78 is 60.3. The van der Waals surface area contributed by atoms with Gasteiger partial charge in [0.05, 0.1) is 0 Å². The Hall–Kier alpha value is -4.49. The molecule has 1 unspecified atom stereocenters. The van der Waals surface area contributed by atoms with Crippen molar-refractivity contribution >= 4 is 35.4 Å². The van der Waals surface area contributed by atoms with Crippen LogP contribution in [0.25, 0.3) is 0 Å². The molecule has 56 heavy (non-hydrogen) atoms. The van der Waals surface area contributed by atoms with Crippen molar-refractivity contribution in [1.82, 2.24) is 15.1 Å². The molecule has 3 aliphatic rings. The van der Waals surface area contributed by atoms with Gasteiger partial charge in [-0.1, -0.05) is 76.0 Å². The van der Waals surface area contributed by atoms with E-state index < -0.39 is 54.6 Å². The Bertz CT molecular complexity index is 1700. The van der Waals surface area contributed by atoms with E-state index in [0.717, 1.165) is 77.0 Å². The van der Waals surface area contributed by atoms with Crippen LogP contribution >= 0.6 is 0 Å². The van der Waals surface area contributed by atoms with Gasteiger partial charge in [-0.2, -0.15) is 13.2 Å². The highest BCUT2D eigenvalue weighted by atomic mass is 19.4. The number of nitrogens with one attached hydrogen (secondary N) is 2. The fourth-order valence-corrected chi connectivity index (χ4v) is 8.01. The van der Waals surface area contributed by atoms with Crippen LogP contribution in [0.4, 0.5) is 28.0 Å². The summed E-state index contributed by atoms with van der Waals surface area (Å²) in [5.41, 5.74) is 0.0999. The van der Waals surface area contributed by atoms with Gasteiger partial charge in [0, 0.05) is 43.6 Å². The first kappa shape index (κ1) is 42.6. The lowest BCUT2D eigenvalue weighted by atomic mass is 9.87. The molecule has 5 rings (SSSR count). The molecule has 2 atom stereocenters. The molecule has 0 aromatic heterocycles. The maximum Gasteiger partial charge on any atom is 0.418 e. The average molecular weight is 787 g/mol. The topological polar surface area (TPSA) is 125 Å². The number of nitrogens with zero attached hydrogens (tertiary/aromatic N) is 2. The Morgan fingerprint density at radius 3 is 2.25 bits per heavy atom. The molecule has 306 valence electrons. The minimum Gasteiger partial charge on any atom is -0.427 e. The van der Waals surface area contributed by atoms with Crippen molar-refractivity contribution in [2.24, 2.45) is 5.92 Å². The van der Waals surface area contributed by atoms with Crippen LogP contribution in [-0.2, 0) is 42.5 Å². The second-order valence-electron chi connectivity index (χ2n) is 15.5. The van der Waals surface area contributed by atoms with E-state index in [1.807, 2.05) is 0 Å². The van der Waals surface area contributed by atoms with Gasteiger partial charge in [0.25, 0.3) is 5.91 Å². The fourth-order valence-electron chi connectivity index (χ4n) is 8.01. The molecule has 0 radical (unpaired) electrons. The fraction of sp³-hybridized carbons (Fsp3) is 0.595. The summed E-state index contributed by atoms with van der Waals surface area (Å²) in [6.07, 6.45) is 9.78. The maximum absolute atomic E-state index is 13.8. The molecular weight excluding hydrogens is 732 g/mol. The van der Waals surface area contributed by atoms with Crippen molar-refractivity contribution in [3.05, 3.63) is 65.0 Å². The lowest BCUT2D eigenvalue weighted by Crippen LogP contribution is -2.51. The second kappa shape index (κ2) is 19.6. The minimum atomic E-state index is -4.81. The number of carbonyl (C=O) groups excluding carboxylic acids is 5. The van der Waals surface area contributed by atoms with Crippen LogP contribution in [0.15, 0.2) is 42.5 Å². The van der Waals surface area contributed by atoms with Gasteiger partial charge in [0.1, 0.15) is 18.4 Å². The standard InChI is InChI=1S/C42H54F4N4O6/c1-29(42(44,45)46)49(27-31-16-18-33(43)19-17-31)38(53)28-50-39(54)41(56-40(50)55)23-22-32-26-34(20-21-35(32)41)48-36(51)15-11-6-4-2-3-5-7-12-24-47-37(52)25-30-13-9-8-10-14-30/h16-21,26,29-30H,2-15,22-25,27-28H2,1H3,(H,47,52)(H,48,51)/t29-,41?/m0/s1. The van der Waals surface area contributed by atoms with Crippen LogP contribution in [0.1, 0.15) is 126 Å². The first-order chi connectivity index (χ1) is 26.8. The number of amides is 5. The number of unbranched alkanes of at least 4 members (excludes halogenated alkanes) is 7.